The first-order chi connectivity index (χ1) is 25.7. The predicted octanol–water partition coefficient (Wildman–Crippen LogP) is 8.64. The molecule has 1 N–H and O–H groups in total. The third-order valence-electron chi connectivity index (χ3n) is 10.3. The minimum atomic E-state index is -2.84. The summed E-state index contributed by atoms with van der Waals surface area (Å²) in [5.74, 6) is 0.918. The van der Waals surface area contributed by atoms with Crippen LogP contribution in [-0.2, 0) is 31.9 Å². The molecule has 0 aliphatic carbocycles. The molecule has 4 aromatic carbocycles. The highest BCUT2D eigenvalue weighted by atomic mass is 28.4. The zero-order valence-electron chi connectivity index (χ0n) is 32.4. The Morgan fingerprint density at radius 2 is 1.36 bits per heavy atom. The van der Waals surface area contributed by atoms with Gasteiger partial charge in [-0.05, 0) is 76.7 Å². The van der Waals surface area contributed by atoms with Gasteiger partial charge in [-0.25, -0.2) is 0 Å². The number of hydrogen-bond donors (Lipinski definition) is 1. The van der Waals surface area contributed by atoms with Crippen molar-refractivity contribution in [2.24, 2.45) is 5.92 Å². The molecule has 284 valence electrons. The summed E-state index contributed by atoms with van der Waals surface area (Å²) < 4.78 is 31.6. The number of ether oxygens (including phenoxy) is 4. The summed E-state index contributed by atoms with van der Waals surface area (Å²) in [6, 6.07) is 39.8. The molecule has 5 atom stereocenters. The summed E-state index contributed by atoms with van der Waals surface area (Å²) in [4.78, 5) is 0. The van der Waals surface area contributed by atoms with Crippen LogP contribution in [0, 0.1) is 5.92 Å². The van der Waals surface area contributed by atoms with E-state index >= 15 is 0 Å². The van der Waals surface area contributed by atoms with E-state index in [2.05, 4.69) is 113 Å². The Hall–Kier alpha value is -3.56. The molecule has 0 saturated carbocycles. The number of rotatable bonds is 20. The van der Waals surface area contributed by atoms with E-state index < -0.39 is 14.4 Å². The number of hydrogen-bond acceptors (Lipinski definition) is 6. The molecule has 6 nitrogen and oxygen atoms in total. The van der Waals surface area contributed by atoms with Crippen LogP contribution in [0.3, 0.4) is 0 Å². The second kappa shape index (κ2) is 20.2. The van der Waals surface area contributed by atoms with Gasteiger partial charge in [0, 0.05) is 6.61 Å². The SMILES string of the molecule is COc1ccc(COCC[C@@H](O[Si](c2ccccc2)(c2ccccc2)C(C)(C)C)[C@H](C)C[C@@H](O)CC[C@H]2CC=C[C@@H](COCc3ccccc3)O2)cc1. The lowest BCUT2D eigenvalue weighted by Crippen LogP contribution is -2.68. The molecule has 7 heteroatoms. The molecule has 1 aliphatic rings. The molecular formula is C46H60O6Si. The fourth-order valence-corrected chi connectivity index (χ4v) is 12.3. The minimum absolute atomic E-state index is 0.0609. The topological polar surface area (TPSA) is 66.4 Å². The molecule has 5 rings (SSSR count). The van der Waals surface area contributed by atoms with Crippen molar-refractivity contribution in [3.63, 3.8) is 0 Å². The average molecular weight is 737 g/mol. The fourth-order valence-electron chi connectivity index (χ4n) is 7.44. The molecule has 0 unspecified atom stereocenters. The molecule has 0 amide bonds. The Morgan fingerprint density at radius 1 is 0.774 bits per heavy atom. The highest BCUT2D eigenvalue weighted by molar-refractivity contribution is 6.99. The van der Waals surface area contributed by atoms with Gasteiger partial charge in [-0.3, -0.25) is 0 Å². The van der Waals surface area contributed by atoms with Crippen molar-refractivity contribution in [3.05, 3.63) is 139 Å². The summed E-state index contributed by atoms with van der Waals surface area (Å²) in [6.07, 6.45) is 7.33. The molecule has 0 bridgehead atoms. The van der Waals surface area contributed by atoms with Crippen LogP contribution in [0.4, 0.5) is 0 Å². The Labute approximate surface area is 319 Å². The van der Waals surface area contributed by atoms with Gasteiger partial charge in [0.2, 0.25) is 0 Å². The highest BCUT2D eigenvalue weighted by Gasteiger charge is 2.52. The van der Waals surface area contributed by atoms with Gasteiger partial charge in [-0.15, -0.1) is 0 Å². The van der Waals surface area contributed by atoms with Crippen LogP contribution < -0.4 is 15.1 Å². The molecule has 1 aliphatic heterocycles. The molecule has 0 aromatic heterocycles. The minimum Gasteiger partial charge on any atom is -0.497 e. The summed E-state index contributed by atoms with van der Waals surface area (Å²) in [6.45, 7) is 11.3. The quantitative estimate of drug-likeness (QED) is 0.0557. The van der Waals surface area contributed by atoms with E-state index in [1.165, 1.54) is 10.4 Å². The fraction of sp³-hybridized carbons (Fsp3) is 0.435. The van der Waals surface area contributed by atoms with Crippen LogP contribution in [0.2, 0.25) is 5.04 Å². The second-order valence-corrected chi connectivity index (χ2v) is 19.7. The van der Waals surface area contributed by atoms with E-state index in [9.17, 15) is 5.11 Å². The van der Waals surface area contributed by atoms with Crippen molar-refractivity contribution >= 4 is 18.7 Å². The maximum Gasteiger partial charge on any atom is 0.261 e. The first kappa shape index (κ1) is 40.6. The lowest BCUT2D eigenvalue weighted by molar-refractivity contribution is -0.0508. The molecule has 0 saturated heterocycles. The maximum atomic E-state index is 11.5. The maximum absolute atomic E-state index is 11.5. The lowest BCUT2D eigenvalue weighted by Gasteiger charge is -2.46. The smallest absolute Gasteiger partial charge is 0.261 e. The summed E-state index contributed by atoms with van der Waals surface area (Å²) in [7, 11) is -1.16. The molecule has 1 heterocycles. The number of benzene rings is 4. The largest absolute Gasteiger partial charge is 0.497 e. The van der Waals surface area contributed by atoms with E-state index in [4.69, 9.17) is 23.4 Å². The monoisotopic (exact) mass is 736 g/mol. The summed E-state index contributed by atoms with van der Waals surface area (Å²) >= 11 is 0. The Morgan fingerprint density at radius 3 is 1.96 bits per heavy atom. The van der Waals surface area contributed by atoms with E-state index in [-0.39, 0.29) is 29.3 Å². The van der Waals surface area contributed by atoms with Crippen molar-refractivity contribution in [3.8, 4) is 5.75 Å². The third-order valence-corrected chi connectivity index (χ3v) is 15.4. The lowest BCUT2D eigenvalue weighted by atomic mass is 9.93. The Bertz CT molecular complexity index is 1580. The molecule has 53 heavy (non-hydrogen) atoms. The van der Waals surface area contributed by atoms with Gasteiger partial charge in [0.25, 0.3) is 8.32 Å². The van der Waals surface area contributed by atoms with Crippen molar-refractivity contribution in [1.82, 2.24) is 0 Å². The van der Waals surface area contributed by atoms with E-state index in [0.717, 1.165) is 36.1 Å². The van der Waals surface area contributed by atoms with Crippen molar-refractivity contribution in [2.75, 3.05) is 20.3 Å². The third kappa shape index (κ3) is 11.7. The van der Waals surface area contributed by atoms with Crippen molar-refractivity contribution in [2.45, 2.75) is 102 Å². The van der Waals surface area contributed by atoms with Crippen LogP contribution in [0.1, 0.15) is 70.9 Å². The number of methoxy groups -OCH3 is 1. The van der Waals surface area contributed by atoms with E-state index in [1.807, 2.05) is 42.5 Å². The number of aliphatic hydroxyl groups is 1. The first-order valence-electron chi connectivity index (χ1n) is 19.3. The van der Waals surface area contributed by atoms with Crippen LogP contribution in [-0.4, -0.2) is 58.2 Å². The van der Waals surface area contributed by atoms with Gasteiger partial charge in [0.1, 0.15) is 5.75 Å². The zero-order chi connectivity index (χ0) is 37.5. The van der Waals surface area contributed by atoms with Gasteiger partial charge < -0.3 is 28.5 Å². The van der Waals surface area contributed by atoms with Crippen LogP contribution in [0.25, 0.3) is 0 Å². The van der Waals surface area contributed by atoms with Gasteiger partial charge >= 0.3 is 0 Å². The first-order valence-corrected chi connectivity index (χ1v) is 21.2. The molecular weight excluding hydrogens is 677 g/mol. The molecule has 0 spiro atoms. The zero-order valence-corrected chi connectivity index (χ0v) is 33.4. The van der Waals surface area contributed by atoms with Gasteiger partial charge in [-0.1, -0.05) is 143 Å². The summed E-state index contributed by atoms with van der Waals surface area (Å²) in [5, 5.41) is 13.8. The average Bonchev–Trinajstić information content (AvgIpc) is 3.18. The second-order valence-electron chi connectivity index (χ2n) is 15.4. The van der Waals surface area contributed by atoms with Crippen LogP contribution >= 0.6 is 0 Å². The molecule has 4 aromatic rings. The standard InChI is InChI=1S/C46H60O6Si/c1-36(32-39(47)26-29-41-18-15-19-42(51-41)35-50-34-37-16-9-6-10-17-37)45(30-31-49-33-38-24-27-40(48-5)28-25-38)52-53(46(2,3)4,43-20-11-7-12-21-43)44-22-13-8-14-23-44/h6-17,19-25,27-28,36,39,41-42,45,47H,18,26,29-35H2,1-5H3/t36-,39+,41-,42+,45-/m1/s1. The van der Waals surface area contributed by atoms with Gasteiger partial charge in [0.05, 0.1) is 51.3 Å². The molecule has 0 fully saturated rings. The Balaban J connectivity index is 1.25. The van der Waals surface area contributed by atoms with Crippen molar-refractivity contribution in [1.29, 1.82) is 0 Å². The van der Waals surface area contributed by atoms with E-state index in [1.54, 1.807) is 7.11 Å². The predicted molar refractivity (Wildman–Crippen MR) is 217 cm³/mol. The van der Waals surface area contributed by atoms with E-state index in [0.29, 0.717) is 39.3 Å². The Kier molecular flexibility index (Phi) is 15.5. The van der Waals surface area contributed by atoms with Crippen molar-refractivity contribution < 1.29 is 28.5 Å². The van der Waals surface area contributed by atoms with Crippen LogP contribution in [0.15, 0.2) is 127 Å². The van der Waals surface area contributed by atoms with Gasteiger partial charge in [0.15, 0.2) is 0 Å². The molecule has 0 radical (unpaired) electrons. The summed E-state index contributed by atoms with van der Waals surface area (Å²) in [5.41, 5.74) is 2.26. The number of aliphatic hydroxyl groups excluding tert-OH is 1. The normalized spacial score (nSPS) is 18.0. The highest BCUT2D eigenvalue weighted by Crippen LogP contribution is 2.39. The van der Waals surface area contributed by atoms with Crippen LogP contribution in [0.5, 0.6) is 5.75 Å². The van der Waals surface area contributed by atoms with Gasteiger partial charge in [-0.2, -0.15) is 0 Å².